The van der Waals surface area contributed by atoms with Crippen LogP contribution in [0.15, 0.2) is 41.3 Å². The number of hydrogen-bond acceptors (Lipinski definition) is 3. The molecule has 1 aliphatic heterocycles. The van der Waals surface area contributed by atoms with Gasteiger partial charge in [-0.25, -0.2) is 8.42 Å². The summed E-state index contributed by atoms with van der Waals surface area (Å²) in [5.74, 6) is -0.180. The number of nitrogens with zero attached hydrogens (tertiary/aromatic N) is 1. The van der Waals surface area contributed by atoms with Crippen molar-refractivity contribution in [2.75, 3.05) is 18.4 Å². The lowest BCUT2D eigenvalue weighted by Crippen LogP contribution is -2.30. The van der Waals surface area contributed by atoms with Crippen LogP contribution in [-0.2, 0) is 14.8 Å². The number of hydrogen-bond donors (Lipinski definition) is 1. The molecule has 5 nitrogen and oxygen atoms in total. The van der Waals surface area contributed by atoms with Gasteiger partial charge in [-0.1, -0.05) is 24.3 Å². The Morgan fingerprint density at radius 1 is 1.13 bits per heavy atom. The van der Waals surface area contributed by atoms with Gasteiger partial charge in [0.2, 0.25) is 15.9 Å². The van der Waals surface area contributed by atoms with Crippen molar-refractivity contribution in [2.45, 2.75) is 37.0 Å². The number of para-hydroxylation sites is 1. The van der Waals surface area contributed by atoms with Crippen molar-refractivity contribution >= 4 is 21.6 Å². The van der Waals surface area contributed by atoms with E-state index in [-0.39, 0.29) is 16.7 Å². The van der Waals surface area contributed by atoms with E-state index in [0.29, 0.717) is 25.2 Å². The van der Waals surface area contributed by atoms with E-state index in [9.17, 15) is 13.2 Å². The van der Waals surface area contributed by atoms with Gasteiger partial charge in [-0.3, -0.25) is 4.79 Å². The minimum absolute atomic E-state index is 0.0810. The standard InChI is InChI=1S/C17H22N2O3S/c20-17(14-8-2-1-3-9-14)18-15-10-4-5-11-16(15)23(21,22)19-12-6-7-13-19/h1-2,4-5,10-11,14H,3,6-9,12-13H2,(H,18,20). The fraction of sp³-hybridized carbons (Fsp3) is 0.471. The zero-order chi connectivity index (χ0) is 16.3. The predicted molar refractivity (Wildman–Crippen MR) is 89.5 cm³/mol. The molecular weight excluding hydrogens is 312 g/mol. The van der Waals surface area contributed by atoms with E-state index in [2.05, 4.69) is 11.4 Å². The number of sulfonamides is 1. The van der Waals surface area contributed by atoms with Gasteiger partial charge >= 0.3 is 0 Å². The number of carbonyl (C=O) groups is 1. The van der Waals surface area contributed by atoms with E-state index in [0.717, 1.165) is 25.7 Å². The number of nitrogens with one attached hydrogen (secondary N) is 1. The monoisotopic (exact) mass is 334 g/mol. The molecule has 1 aromatic rings. The fourth-order valence-electron chi connectivity index (χ4n) is 3.13. The number of carbonyl (C=O) groups excluding carboxylic acids is 1. The van der Waals surface area contributed by atoms with Crippen molar-refractivity contribution in [3.8, 4) is 0 Å². The molecule has 1 heterocycles. The zero-order valence-corrected chi connectivity index (χ0v) is 13.9. The molecule has 23 heavy (non-hydrogen) atoms. The molecule has 0 bridgehead atoms. The summed E-state index contributed by atoms with van der Waals surface area (Å²) in [5, 5.41) is 2.83. The maximum Gasteiger partial charge on any atom is 0.245 e. The normalized spacial score (nSPS) is 22.2. The first kappa shape index (κ1) is 16.2. The summed E-state index contributed by atoms with van der Waals surface area (Å²) in [4.78, 5) is 12.6. The summed E-state index contributed by atoms with van der Waals surface area (Å²) in [7, 11) is -3.54. The molecule has 1 atom stereocenters. The van der Waals surface area contributed by atoms with Crippen LogP contribution >= 0.6 is 0 Å². The van der Waals surface area contributed by atoms with Crippen LogP contribution in [0.5, 0.6) is 0 Å². The molecular formula is C17H22N2O3S. The lowest BCUT2D eigenvalue weighted by Gasteiger charge is -2.21. The summed E-state index contributed by atoms with van der Waals surface area (Å²) in [6.45, 7) is 1.11. The molecule has 0 saturated carbocycles. The molecule has 1 unspecified atom stereocenters. The Hall–Kier alpha value is -1.66. The summed E-state index contributed by atoms with van der Waals surface area (Å²) in [6, 6.07) is 6.69. The second-order valence-electron chi connectivity index (χ2n) is 6.08. The van der Waals surface area contributed by atoms with Crippen LogP contribution in [0, 0.1) is 5.92 Å². The topological polar surface area (TPSA) is 66.5 Å². The maximum absolute atomic E-state index is 12.8. The third-order valence-electron chi connectivity index (χ3n) is 4.47. The Balaban J connectivity index is 1.83. The van der Waals surface area contributed by atoms with Gasteiger partial charge in [0, 0.05) is 19.0 Å². The van der Waals surface area contributed by atoms with Gasteiger partial charge in [0.1, 0.15) is 4.90 Å². The first-order chi connectivity index (χ1) is 11.1. The van der Waals surface area contributed by atoms with Crippen LogP contribution in [0.25, 0.3) is 0 Å². The SMILES string of the molecule is O=C(Nc1ccccc1S(=O)(=O)N1CCCC1)C1CC=CCC1. The lowest BCUT2D eigenvalue weighted by molar-refractivity contribution is -0.120. The van der Waals surface area contributed by atoms with Crippen molar-refractivity contribution in [1.29, 1.82) is 0 Å². The Labute approximate surface area is 137 Å². The number of rotatable bonds is 4. The highest BCUT2D eigenvalue weighted by atomic mass is 32.2. The van der Waals surface area contributed by atoms with Crippen LogP contribution in [0.2, 0.25) is 0 Å². The molecule has 1 N–H and O–H groups in total. The van der Waals surface area contributed by atoms with Gasteiger partial charge < -0.3 is 5.32 Å². The second kappa shape index (κ2) is 6.84. The first-order valence-corrected chi connectivity index (χ1v) is 9.58. The molecule has 124 valence electrons. The van der Waals surface area contributed by atoms with Gasteiger partial charge in [0.25, 0.3) is 0 Å². The second-order valence-corrected chi connectivity index (χ2v) is 7.98. The number of allylic oxidation sites excluding steroid dienone is 2. The molecule has 1 fully saturated rings. The molecule has 0 spiro atoms. The molecule has 1 saturated heterocycles. The quantitative estimate of drug-likeness (QED) is 0.861. The van der Waals surface area contributed by atoms with E-state index >= 15 is 0 Å². The molecule has 0 aromatic heterocycles. The third kappa shape index (κ3) is 3.48. The summed E-state index contributed by atoms with van der Waals surface area (Å²) >= 11 is 0. The average Bonchev–Trinajstić information content (AvgIpc) is 3.11. The predicted octanol–water partition coefficient (Wildman–Crippen LogP) is 2.77. The molecule has 1 aromatic carbocycles. The van der Waals surface area contributed by atoms with Crippen LogP contribution in [-0.4, -0.2) is 31.7 Å². The van der Waals surface area contributed by atoms with Gasteiger partial charge in [0.05, 0.1) is 5.69 Å². The van der Waals surface area contributed by atoms with Crippen molar-refractivity contribution in [3.63, 3.8) is 0 Å². The van der Waals surface area contributed by atoms with Gasteiger partial charge in [0.15, 0.2) is 0 Å². The van der Waals surface area contributed by atoms with Crippen molar-refractivity contribution in [1.82, 2.24) is 4.31 Å². The summed E-state index contributed by atoms with van der Waals surface area (Å²) in [6.07, 6.45) is 8.29. The Kier molecular flexibility index (Phi) is 4.82. The molecule has 6 heteroatoms. The van der Waals surface area contributed by atoms with E-state index in [1.807, 2.05) is 6.08 Å². The number of anilines is 1. The van der Waals surface area contributed by atoms with Gasteiger partial charge in [-0.2, -0.15) is 4.31 Å². The van der Waals surface area contributed by atoms with E-state index in [4.69, 9.17) is 0 Å². The van der Waals surface area contributed by atoms with Crippen LogP contribution < -0.4 is 5.32 Å². The summed E-state index contributed by atoms with van der Waals surface area (Å²) in [5.41, 5.74) is 0.388. The number of amides is 1. The largest absolute Gasteiger partial charge is 0.325 e. The highest BCUT2D eigenvalue weighted by Crippen LogP contribution is 2.28. The molecule has 2 aliphatic rings. The zero-order valence-electron chi connectivity index (χ0n) is 13.1. The molecule has 0 radical (unpaired) electrons. The van der Waals surface area contributed by atoms with Crippen LogP contribution in [0.4, 0.5) is 5.69 Å². The maximum atomic E-state index is 12.8. The van der Waals surface area contributed by atoms with E-state index in [1.54, 1.807) is 24.3 Å². The Morgan fingerprint density at radius 2 is 1.87 bits per heavy atom. The summed E-state index contributed by atoms with van der Waals surface area (Å²) < 4.78 is 27.1. The van der Waals surface area contributed by atoms with Crippen LogP contribution in [0.3, 0.4) is 0 Å². The smallest absolute Gasteiger partial charge is 0.245 e. The lowest BCUT2D eigenvalue weighted by atomic mass is 9.93. The van der Waals surface area contributed by atoms with Crippen molar-refractivity contribution in [2.24, 2.45) is 5.92 Å². The van der Waals surface area contributed by atoms with Gasteiger partial charge in [-0.15, -0.1) is 0 Å². The molecule has 3 rings (SSSR count). The third-order valence-corrected chi connectivity index (χ3v) is 6.42. The van der Waals surface area contributed by atoms with E-state index in [1.165, 1.54) is 4.31 Å². The molecule has 1 amide bonds. The molecule has 1 aliphatic carbocycles. The Bertz CT molecular complexity index is 706. The number of benzene rings is 1. The van der Waals surface area contributed by atoms with Gasteiger partial charge in [-0.05, 0) is 44.2 Å². The van der Waals surface area contributed by atoms with Crippen molar-refractivity contribution in [3.05, 3.63) is 36.4 Å². The Morgan fingerprint density at radius 3 is 2.57 bits per heavy atom. The fourth-order valence-corrected chi connectivity index (χ4v) is 4.79. The minimum Gasteiger partial charge on any atom is -0.325 e. The first-order valence-electron chi connectivity index (χ1n) is 8.14. The van der Waals surface area contributed by atoms with E-state index < -0.39 is 10.0 Å². The minimum atomic E-state index is -3.54. The van der Waals surface area contributed by atoms with Crippen LogP contribution in [0.1, 0.15) is 32.1 Å². The average molecular weight is 334 g/mol. The highest BCUT2D eigenvalue weighted by Gasteiger charge is 2.30. The van der Waals surface area contributed by atoms with Crippen molar-refractivity contribution < 1.29 is 13.2 Å². The highest BCUT2D eigenvalue weighted by molar-refractivity contribution is 7.89.